The maximum absolute atomic E-state index is 13.3. The van der Waals surface area contributed by atoms with Crippen molar-refractivity contribution in [3.8, 4) is 0 Å². The van der Waals surface area contributed by atoms with Gasteiger partial charge in [-0.05, 0) is 41.4 Å². The molecule has 204 valence electrons. The number of carbonyl (C=O) groups is 1. The Kier molecular flexibility index (Phi) is 9.56. The Balaban J connectivity index is 1.96. The van der Waals surface area contributed by atoms with Crippen molar-refractivity contribution in [1.29, 1.82) is 0 Å². The summed E-state index contributed by atoms with van der Waals surface area (Å²) in [5.74, 6) is -1.46. The number of nitrogens with zero attached hydrogens (tertiary/aromatic N) is 1. The van der Waals surface area contributed by atoms with Crippen LogP contribution in [0.3, 0.4) is 0 Å². The van der Waals surface area contributed by atoms with Crippen molar-refractivity contribution in [3.63, 3.8) is 0 Å². The lowest BCUT2D eigenvalue weighted by molar-refractivity contribution is -0.143. The zero-order valence-electron chi connectivity index (χ0n) is 20.5. The minimum absolute atomic E-state index is 0.0683. The fourth-order valence-corrected chi connectivity index (χ4v) is 4.41. The second kappa shape index (κ2) is 12.4. The summed E-state index contributed by atoms with van der Waals surface area (Å²) in [6, 6.07) is 19.2. The summed E-state index contributed by atoms with van der Waals surface area (Å²) in [5.41, 5.74) is -1.42. The fraction of sp³-hybridized carbons (Fsp3) is 0.321. The first-order valence-electron chi connectivity index (χ1n) is 11.8. The number of hydrogen-bond acceptors (Lipinski definition) is 3. The van der Waals surface area contributed by atoms with Crippen molar-refractivity contribution in [2.45, 2.75) is 37.8 Å². The predicted octanol–water partition coefficient (Wildman–Crippen LogP) is 6.85. The van der Waals surface area contributed by atoms with Gasteiger partial charge in [0.2, 0.25) is 0 Å². The lowest BCUT2D eigenvalue weighted by Crippen LogP contribution is -2.45. The highest BCUT2D eigenvalue weighted by atomic mass is 19.4. The lowest BCUT2D eigenvalue weighted by Gasteiger charge is -2.36. The van der Waals surface area contributed by atoms with Gasteiger partial charge in [0.1, 0.15) is 0 Å². The predicted molar refractivity (Wildman–Crippen MR) is 129 cm³/mol. The minimum atomic E-state index is -4.97. The van der Waals surface area contributed by atoms with Crippen LogP contribution in [-0.2, 0) is 28.5 Å². The third kappa shape index (κ3) is 7.82. The molecule has 0 radical (unpaired) electrons. The van der Waals surface area contributed by atoms with Crippen LogP contribution in [0, 0.1) is 0 Å². The summed E-state index contributed by atoms with van der Waals surface area (Å²) in [6.07, 6.45) is -9.94. The Bertz CT molecular complexity index is 1110. The summed E-state index contributed by atoms with van der Waals surface area (Å²) in [7, 11) is 0. The molecule has 1 N–H and O–H groups in total. The molecule has 0 saturated carbocycles. The van der Waals surface area contributed by atoms with Gasteiger partial charge in [0, 0.05) is 12.0 Å². The molecule has 38 heavy (non-hydrogen) atoms. The molecule has 0 spiro atoms. The van der Waals surface area contributed by atoms with E-state index < -0.39 is 42.1 Å². The molecule has 0 aliphatic rings. The molecule has 10 heteroatoms. The van der Waals surface area contributed by atoms with E-state index in [1.54, 1.807) is 11.8 Å². The van der Waals surface area contributed by atoms with Crippen LogP contribution >= 0.6 is 0 Å². The van der Waals surface area contributed by atoms with E-state index in [0.717, 1.165) is 11.1 Å². The molecule has 1 atom stereocenters. The van der Waals surface area contributed by atoms with Crippen LogP contribution in [0.1, 0.15) is 40.7 Å². The van der Waals surface area contributed by atoms with E-state index in [0.29, 0.717) is 18.7 Å². The summed E-state index contributed by atoms with van der Waals surface area (Å²) >= 11 is 0. The number of carboxylic acid groups (broad SMARTS) is 1. The Hall–Kier alpha value is -3.37. The molecule has 3 aromatic carbocycles. The molecule has 0 aliphatic carbocycles. The van der Waals surface area contributed by atoms with Gasteiger partial charge >= 0.3 is 18.3 Å². The maximum atomic E-state index is 13.3. The summed E-state index contributed by atoms with van der Waals surface area (Å²) < 4.78 is 85.4. The summed E-state index contributed by atoms with van der Waals surface area (Å²) in [5, 5.41) is 9.51. The van der Waals surface area contributed by atoms with Crippen molar-refractivity contribution in [1.82, 2.24) is 4.90 Å². The van der Waals surface area contributed by atoms with E-state index in [-0.39, 0.29) is 30.7 Å². The maximum Gasteiger partial charge on any atom is 0.416 e. The number of aliphatic carboxylic acids is 1. The first kappa shape index (κ1) is 29.2. The highest BCUT2D eigenvalue weighted by Gasteiger charge is 2.37. The third-order valence-electron chi connectivity index (χ3n) is 6.12. The van der Waals surface area contributed by atoms with E-state index in [9.17, 15) is 36.2 Å². The van der Waals surface area contributed by atoms with Crippen molar-refractivity contribution in [2.75, 3.05) is 19.7 Å². The minimum Gasteiger partial charge on any atom is -0.480 e. The van der Waals surface area contributed by atoms with Crippen LogP contribution in [0.4, 0.5) is 26.3 Å². The molecule has 0 aromatic heterocycles. The molecular formula is C28H27F6NO3. The van der Waals surface area contributed by atoms with Gasteiger partial charge < -0.3 is 9.84 Å². The van der Waals surface area contributed by atoms with Gasteiger partial charge in [0.05, 0.1) is 30.9 Å². The molecule has 0 aliphatic heterocycles. The molecule has 0 heterocycles. The fourth-order valence-electron chi connectivity index (χ4n) is 4.41. The van der Waals surface area contributed by atoms with Crippen LogP contribution in [-0.4, -0.2) is 41.7 Å². The Labute approximate surface area is 216 Å². The van der Waals surface area contributed by atoms with Gasteiger partial charge in [-0.1, -0.05) is 67.6 Å². The van der Waals surface area contributed by atoms with Crippen molar-refractivity contribution in [3.05, 3.63) is 107 Å². The van der Waals surface area contributed by atoms with Crippen molar-refractivity contribution in [2.24, 2.45) is 0 Å². The molecule has 3 aromatic rings. The van der Waals surface area contributed by atoms with E-state index in [4.69, 9.17) is 4.74 Å². The van der Waals surface area contributed by atoms with E-state index >= 15 is 0 Å². The van der Waals surface area contributed by atoms with Crippen LogP contribution < -0.4 is 0 Å². The van der Waals surface area contributed by atoms with Gasteiger partial charge in [-0.3, -0.25) is 9.69 Å². The molecule has 0 amide bonds. The highest BCUT2D eigenvalue weighted by Crippen LogP contribution is 2.37. The Morgan fingerprint density at radius 1 is 0.842 bits per heavy atom. The Morgan fingerprint density at radius 3 is 1.71 bits per heavy atom. The lowest BCUT2D eigenvalue weighted by atomic mass is 9.84. The number of benzene rings is 3. The molecule has 0 saturated heterocycles. The van der Waals surface area contributed by atoms with E-state index in [2.05, 4.69) is 0 Å². The average molecular weight is 540 g/mol. The zero-order valence-corrected chi connectivity index (χ0v) is 20.5. The first-order valence-corrected chi connectivity index (χ1v) is 11.8. The van der Waals surface area contributed by atoms with Gasteiger partial charge in [0.25, 0.3) is 0 Å². The van der Waals surface area contributed by atoms with Crippen LogP contribution in [0.25, 0.3) is 0 Å². The normalized spacial score (nSPS) is 13.2. The topological polar surface area (TPSA) is 49.8 Å². The first-order chi connectivity index (χ1) is 17.9. The Morgan fingerprint density at radius 2 is 1.32 bits per heavy atom. The summed E-state index contributed by atoms with van der Waals surface area (Å²) in [6.45, 7) is 1.09. The monoisotopic (exact) mass is 539 g/mol. The number of halogens is 6. The molecule has 4 nitrogen and oxygen atoms in total. The molecule has 3 rings (SSSR count). The number of rotatable bonds is 11. The SMILES string of the molecule is CCN(CC(=O)O)C(COCc1cc(C(F)(F)F)cc(C(F)(F)F)c1)C(c1ccccc1)c1ccccc1. The number of likely N-dealkylation sites (N-methyl/N-ethyl adjacent to an activating group) is 1. The second-order valence-corrected chi connectivity index (χ2v) is 8.75. The van der Waals surface area contributed by atoms with E-state index in [1.165, 1.54) is 0 Å². The van der Waals surface area contributed by atoms with Crippen LogP contribution in [0.15, 0.2) is 78.9 Å². The van der Waals surface area contributed by atoms with Gasteiger partial charge in [-0.15, -0.1) is 0 Å². The number of alkyl halides is 6. The van der Waals surface area contributed by atoms with Gasteiger partial charge in [0.15, 0.2) is 0 Å². The largest absolute Gasteiger partial charge is 0.480 e. The van der Waals surface area contributed by atoms with Gasteiger partial charge in [-0.2, -0.15) is 26.3 Å². The number of hydrogen-bond donors (Lipinski definition) is 1. The highest BCUT2D eigenvalue weighted by molar-refractivity contribution is 5.69. The molecule has 1 unspecified atom stereocenters. The van der Waals surface area contributed by atoms with Crippen LogP contribution in [0.5, 0.6) is 0 Å². The van der Waals surface area contributed by atoms with Crippen molar-refractivity contribution < 1.29 is 41.0 Å². The molecule has 0 fully saturated rings. The van der Waals surface area contributed by atoms with E-state index in [1.807, 2.05) is 60.7 Å². The molecular weight excluding hydrogens is 512 g/mol. The van der Waals surface area contributed by atoms with Crippen molar-refractivity contribution >= 4 is 5.97 Å². The quantitative estimate of drug-likeness (QED) is 0.271. The summed E-state index contributed by atoms with van der Waals surface area (Å²) in [4.78, 5) is 13.3. The second-order valence-electron chi connectivity index (χ2n) is 8.75. The standard InChI is InChI=1S/C28H27F6NO3/c1-2-35(16-25(36)37)24(26(20-9-5-3-6-10-20)21-11-7-4-8-12-21)18-38-17-19-13-22(27(29,30)31)15-23(14-19)28(32,33)34/h3-15,24,26H,2,16-18H2,1H3,(H,36,37). The number of ether oxygens (including phenoxy) is 1. The zero-order chi connectivity index (χ0) is 27.9. The average Bonchev–Trinajstić information content (AvgIpc) is 2.86. The van der Waals surface area contributed by atoms with Gasteiger partial charge in [-0.25, -0.2) is 0 Å². The smallest absolute Gasteiger partial charge is 0.416 e. The molecule has 0 bridgehead atoms. The number of carboxylic acids is 1. The third-order valence-corrected chi connectivity index (χ3v) is 6.12. The van der Waals surface area contributed by atoms with Crippen LogP contribution in [0.2, 0.25) is 0 Å².